The lowest BCUT2D eigenvalue weighted by Crippen LogP contribution is -2.31. The summed E-state index contributed by atoms with van der Waals surface area (Å²) in [4.78, 5) is 11.9. The van der Waals surface area contributed by atoms with Crippen LogP contribution >= 0.6 is 34.8 Å². The van der Waals surface area contributed by atoms with E-state index in [4.69, 9.17) is 34.8 Å². The van der Waals surface area contributed by atoms with Gasteiger partial charge in [0.1, 0.15) is 0 Å². The van der Waals surface area contributed by atoms with Gasteiger partial charge >= 0.3 is 6.03 Å². The van der Waals surface area contributed by atoms with E-state index in [-0.39, 0.29) is 5.69 Å². The summed E-state index contributed by atoms with van der Waals surface area (Å²) in [5.74, 6) is 0. The van der Waals surface area contributed by atoms with E-state index in [1.165, 1.54) is 18.2 Å². The third-order valence-corrected chi connectivity index (χ3v) is 3.07. The van der Waals surface area contributed by atoms with Crippen molar-refractivity contribution in [3.63, 3.8) is 0 Å². The van der Waals surface area contributed by atoms with E-state index in [9.17, 15) is 10.0 Å². The number of amides is 2. The summed E-state index contributed by atoms with van der Waals surface area (Å²) in [6, 6.07) is 10.0. The molecule has 2 rings (SSSR count). The van der Waals surface area contributed by atoms with Crippen molar-refractivity contribution in [1.82, 2.24) is 0 Å². The maximum absolute atomic E-state index is 11.9. The van der Waals surface area contributed by atoms with Crippen molar-refractivity contribution in [2.75, 3.05) is 10.4 Å². The summed E-state index contributed by atoms with van der Waals surface area (Å²) in [7, 11) is 0. The fraction of sp³-hybridized carbons (Fsp3) is 0. The number of hydroxylamine groups is 1. The highest BCUT2D eigenvalue weighted by atomic mass is 35.5. The van der Waals surface area contributed by atoms with Gasteiger partial charge in [-0.25, -0.2) is 4.79 Å². The van der Waals surface area contributed by atoms with Crippen molar-refractivity contribution >= 4 is 52.2 Å². The van der Waals surface area contributed by atoms with Crippen LogP contribution in [-0.4, -0.2) is 11.2 Å². The average molecular weight is 332 g/mol. The van der Waals surface area contributed by atoms with E-state index in [1.54, 1.807) is 24.3 Å². The van der Waals surface area contributed by atoms with Gasteiger partial charge in [0.25, 0.3) is 0 Å². The Morgan fingerprint density at radius 3 is 2.05 bits per heavy atom. The Balaban J connectivity index is 2.14. The van der Waals surface area contributed by atoms with Crippen LogP contribution in [0.4, 0.5) is 16.2 Å². The zero-order chi connectivity index (χ0) is 14.7. The molecule has 104 valence electrons. The maximum Gasteiger partial charge on any atom is 0.350 e. The average Bonchev–Trinajstić information content (AvgIpc) is 2.39. The second-order valence-corrected chi connectivity index (χ2v) is 5.19. The molecule has 7 heteroatoms. The van der Waals surface area contributed by atoms with Gasteiger partial charge in [-0.15, -0.1) is 0 Å². The van der Waals surface area contributed by atoms with Crippen molar-refractivity contribution in [3.8, 4) is 0 Å². The molecule has 0 bridgehead atoms. The molecule has 0 saturated carbocycles. The second-order valence-electron chi connectivity index (χ2n) is 3.88. The first-order valence-corrected chi connectivity index (χ1v) is 6.61. The van der Waals surface area contributed by atoms with Gasteiger partial charge in [0, 0.05) is 20.8 Å². The summed E-state index contributed by atoms with van der Waals surface area (Å²) in [6.45, 7) is 0. The van der Waals surface area contributed by atoms with E-state index >= 15 is 0 Å². The van der Waals surface area contributed by atoms with Crippen molar-refractivity contribution in [1.29, 1.82) is 0 Å². The van der Waals surface area contributed by atoms with Crippen LogP contribution in [0.25, 0.3) is 0 Å². The minimum absolute atomic E-state index is 0.161. The molecule has 0 aliphatic rings. The fourth-order valence-electron chi connectivity index (χ4n) is 1.49. The van der Waals surface area contributed by atoms with Gasteiger partial charge in [-0.05, 0) is 42.5 Å². The van der Waals surface area contributed by atoms with E-state index in [0.717, 1.165) is 0 Å². The molecular weight excluding hydrogens is 323 g/mol. The lowest BCUT2D eigenvalue weighted by atomic mass is 10.3. The van der Waals surface area contributed by atoms with Crippen LogP contribution in [0.15, 0.2) is 42.5 Å². The van der Waals surface area contributed by atoms with Crippen LogP contribution in [0.3, 0.4) is 0 Å². The number of halogens is 3. The molecule has 2 aromatic carbocycles. The number of benzene rings is 2. The largest absolute Gasteiger partial charge is 0.350 e. The number of rotatable bonds is 2. The first-order valence-electron chi connectivity index (χ1n) is 5.47. The normalized spacial score (nSPS) is 10.2. The number of hydrogen-bond acceptors (Lipinski definition) is 2. The number of hydrogen-bond donors (Lipinski definition) is 2. The first-order chi connectivity index (χ1) is 9.45. The highest BCUT2D eigenvalue weighted by Crippen LogP contribution is 2.25. The smallest absolute Gasteiger partial charge is 0.306 e. The van der Waals surface area contributed by atoms with Crippen LogP contribution in [-0.2, 0) is 0 Å². The molecule has 20 heavy (non-hydrogen) atoms. The first kappa shape index (κ1) is 14.9. The molecule has 0 aliphatic carbocycles. The molecule has 0 aliphatic heterocycles. The number of carbonyl (C=O) groups excluding carboxylic acids is 1. The third kappa shape index (κ3) is 3.77. The quantitative estimate of drug-likeness (QED) is 0.596. The molecule has 0 aromatic heterocycles. The van der Waals surface area contributed by atoms with Gasteiger partial charge in [-0.3, -0.25) is 5.21 Å². The van der Waals surface area contributed by atoms with Crippen LogP contribution in [0.5, 0.6) is 0 Å². The summed E-state index contributed by atoms with van der Waals surface area (Å²) >= 11 is 17.4. The fourth-order valence-corrected chi connectivity index (χ4v) is 2.13. The number of nitrogens with zero attached hydrogens (tertiary/aromatic N) is 1. The Labute approximate surface area is 130 Å². The van der Waals surface area contributed by atoms with Gasteiger partial charge in [0.2, 0.25) is 0 Å². The maximum atomic E-state index is 11.9. The zero-order valence-corrected chi connectivity index (χ0v) is 12.2. The van der Waals surface area contributed by atoms with Gasteiger partial charge in [0.05, 0.1) is 5.69 Å². The predicted molar refractivity (Wildman–Crippen MR) is 81.2 cm³/mol. The van der Waals surface area contributed by atoms with E-state index in [0.29, 0.717) is 25.8 Å². The molecular formula is C13H9Cl3N2O2. The van der Waals surface area contributed by atoms with E-state index in [1.807, 2.05) is 0 Å². The van der Waals surface area contributed by atoms with Gasteiger partial charge in [-0.1, -0.05) is 34.8 Å². The molecule has 0 radical (unpaired) electrons. The van der Waals surface area contributed by atoms with Gasteiger partial charge in [-0.2, -0.15) is 5.06 Å². The van der Waals surface area contributed by atoms with Crippen LogP contribution < -0.4 is 10.4 Å². The van der Waals surface area contributed by atoms with Crippen LogP contribution in [0.1, 0.15) is 0 Å². The number of urea groups is 1. The number of carbonyl (C=O) groups is 1. The minimum atomic E-state index is -0.745. The van der Waals surface area contributed by atoms with Crippen molar-refractivity contribution < 1.29 is 10.0 Å². The highest BCUT2D eigenvalue weighted by Gasteiger charge is 2.14. The minimum Gasteiger partial charge on any atom is -0.306 e. The molecule has 0 spiro atoms. The van der Waals surface area contributed by atoms with E-state index < -0.39 is 6.03 Å². The molecule has 2 N–H and O–H groups in total. The molecule has 2 amide bonds. The highest BCUT2D eigenvalue weighted by molar-refractivity contribution is 6.35. The number of nitrogens with one attached hydrogen (secondary N) is 1. The molecule has 0 unspecified atom stereocenters. The van der Waals surface area contributed by atoms with Crippen molar-refractivity contribution in [2.45, 2.75) is 0 Å². The standard InChI is InChI=1S/C13H9Cl3N2O2/c14-8-1-3-11(4-2-8)17-13(19)18(20)12-6-9(15)5-10(16)7-12/h1-7,20H,(H,17,19). The second kappa shape index (κ2) is 6.33. The van der Waals surface area contributed by atoms with Gasteiger partial charge in [0.15, 0.2) is 0 Å². The summed E-state index contributed by atoms with van der Waals surface area (Å²) in [5, 5.41) is 13.9. The third-order valence-electron chi connectivity index (χ3n) is 2.38. The lowest BCUT2D eigenvalue weighted by Gasteiger charge is -2.16. The molecule has 0 fully saturated rings. The van der Waals surface area contributed by atoms with Crippen LogP contribution in [0.2, 0.25) is 15.1 Å². The van der Waals surface area contributed by atoms with Gasteiger partial charge < -0.3 is 5.32 Å². The lowest BCUT2D eigenvalue weighted by molar-refractivity contribution is 0.216. The van der Waals surface area contributed by atoms with Crippen molar-refractivity contribution in [3.05, 3.63) is 57.5 Å². The number of anilines is 2. The Bertz CT molecular complexity index is 612. The summed E-state index contributed by atoms with van der Waals surface area (Å²) in [6.07, 6.45) is 0. The molecule has 2 aromatic rings. The molecule has 0 atom stereocenters. The Morgan fingerprint density at radius 1 is 0.950 bits per heavy atom. The van der Waals surface area contributed by atoms with Crippen LogP contribution in [0, 0.1) is 0 Å². The SMILES string of the molecule is O=C(Nc1ccc(Cl)cc1)N(O)c1cc(Cl)cc(Cl)c1. The topological polar surface area (TPSA) is 52.6 Å². The van der Waals surface area contributed by atoms with E-state index in [2.05, 4.69) is 5.32 Å². The zero-order valence-electron chi connectivity index (χ0n) is 9.98. The van der Waals surface area contributed by atoms with Crippen molar-refractivity contribution in [2.24, 2.45) is 0 Å². The molecule has 0 heterocycles. The molecule has 4 nitrogen and oxygen atoms in total. The predicted octanol–water partition coefficient (Wildman–Crippen LogP) is 5.07. The summed E-state index contributed by atoms with van der Waals surface area (Å²) in [5.41, 5.74) is 0.653. The Hall–Kier alpha value is -1.46. The summed E-state index contributed by atoms with van der Waals surface area (Å²) < 4.78 is 0. The molecule has 0 saturated heterocycles. The Kier molecular flexibility index (Phi) is 4.73. The Morgan fingerprint density at radius 2 is 1.50 bits per heavy atom. The monoisotopic (exact) mass is 330 g/mol.